The van der Waals surface area contributed by atoms with Gasteiger partial charge < -0.3 is 9.31 Å². The van der Waals surface area contributed by atoms with Gasteiger partial charge in [0.2, 0.25) is 0 Å². The van der Waals surface area contributed by atoms with Crippen LogP contribution in [0.3, 0.4) is 0 Å². The summed E-state index contributed by atoms with van der Waals surface area (Å²) in [6.45, 7) is 13.1. The second-order valence-electron chi connectivity index (χ2n) is 9.73. The molecule has 3 aromatic carbocycles. The second-order valence-corrected chi connectivity index (χ2v) is 9.73. The molecule has 0 radical (unpaired) electrons. The van der Waals surface area contributed by atoms with Gasteiger partial charge in [0.05, 0.1) is 11.2 Å². The van der Waals surface area contributed by atoms with Crippen LogP contribution < -0.4 is 5.46 Å². The van der Waals surface area contributed by atoms with Gasteiger partial charge in [-0.3, -0.25) is 0 Å². The zero-order chi connectivity index (χ0) is 19.9. The highest BCUT2D eigenvalue weighted by Crippen LogP contribution is 2.51. The fourth-order valence-electron chi connectivity index (χ4n) is 4.74. The van der Waals surface area contributed by atoms with Crippen molar-refractivity contribution < 1.29 is 9.31 Å². The molecule has 2 aliphatic rings. The molecule has 1 aliphatic heterocycles. The normalized spacial score (nSPS) is 21.0. The number of fused-ring (bicyclic) bond motifs is 5. The Morgan fingerprint density at radius 3 is 2.07 bits per heavy atom. The van der Waals surface area contributed by atoms with Gasteiger partial charge in [0.1, 0.15) is 0 Å². The summed E-state index contributed by atoms with van der Waals surface area (Å²) < 4.78 is 12.6. The van der Waals surface area contributed by atoms with Crippen LogP contribution in [0.15, 0.2) is 54.6 Å². The molecule has 142 valence electrons. The molecule has 0 saturated carbocycles. The standard InChI is InChI=1S/C25H27BO2/c1-23(2)21-15-17(26-27-24(3,4)25(5,6)28-26)12-14-19(21)20-13-11-16-9-7-8-10-18(16)22(20)23/h7-15H,1-6H3. The first-order valence-electron chi connectivity index (χ1n) is 10.1. The Hall–Kier alpha value is -2.10. The van der Waals surface area contributed by atoms with E-state index in [9.17, 15) is 0 Å². The van der Waals surface area contributed by atoms with E-state index in [0.29, 0.717) is 0 Å². The maximum atomic E-state index is 6.30. The molecule has 0 aromatic heterocycles. The number of hydrogen-bond donors (Lipinski definition) is 0. The zero-order valence-corrected chi connectivity index (χ0v) is 17.6. The highest BCUT2D eigenvalue weighted by molar-refractivity contribution is 6.62. The molecule has 28 heavy (non-hydrogen) atoms. The van der Waals surface area contributed by atoms with Crippen molar-refractivity contribution in [2.45, 2.75) is 58.2 Å². The Morgan fingerprint density at radius 2 is 1.36 bits per heavy atom. The van der Waals surface area contributed by atoms with Crippen molar-refractivity contribution in [1.29, 1.82) is 0 Å². The van der Waals surface area contributed by atoms with E-state index in [0.717, 1.165) is 5.46 Å². The van der Waals surface area contributed by atoms with Crippen LogP contribution in [0.5, 0.6) is 0 Å². The molecule has 0 N–H and O–H groups in total. The maximum absolute atomic E-state index is 6.30. The van der Waals surface area contributed by atoms with Crippen LogP contribution in [-0.4, -0.2) is 18.3 Å². The van der Waals surface area contributed by atoms with Gasteiger partial charge in [0.25, 0.3) is 0 Å². The van der Waals surface area contributed by atoms with E-state index in [2.05, 4.69) is 96.1 Å². The third kappa shape index (κ3) is 2.30. The number of hydrogen-bond acceptors (Lipinski definition) is 2. The molecule has 1 heterocycles. The van der Waals surface area contributed by atoms with Crippen LogP contribution in [0.2, 0.25) is 0 Å². The van der Waals surface area contributed by atoms with Gasteiger partial charge in [0, 0.05) is 5.41 Å². The highest BCUT2D eigenvalue weighted by Gasteiger charge is 2.52. The lowest BCUT2D eigenvalue weighted by Crippen LogP contribution is -2.41. The van der Waals surface area contributed by atoms with E-state index >= 15 is 0 Å². The Labute approximate surface area is 168 Å². The first kappa shape index (κ1) is 18.0. The van der Waals surface area contributed by atoms with Gasteiger partial charge in [-0.05, 0) is 66.2 Å². The summed E-state index contributed by atoms with van der Waals surface area (Å²) in [5.41, 5.74) is 5.83. The van der Waals surface area contributed by atoms with Crippen molar-refractivity contribution in [2.24, 2.45) is 0 Å². The summed E-state index contributed by atoms with van der Waals surface area (Å²) >= 11 is 0. The van der Waals surface area contributed by atoms with Crippen molar-refractivity contribution in [3.05, 3.63) is 65.7 Å². The van der Waals surface area contributed by atoms with Gasteiger partial charge in [-0.1, -0.05) is 68.4 Å². The average Bonchev–Trinajstić information content (AvgIpc) is 3.01. The van der Waals surface area contributed by atoms with Crippen LogP contribution in [-0.2, 0) is 14.7 Å². The zero-order valence-electron chi connectivity index (χ0n) is 17.6. The lowest BCUT2D eigenvalue weighted by atomic mass is 9.74. The molecule has 0 bridgehead atoms. The van der Waals surface area contributed by atoms with Crippen molar-refractivity contribution >= 4 is 23.4 Å². The maximum Gasteiger partial charge on any atom is 0.494 e. The van der Waals surface area contributed by atoms with E-state index in [1.165, 1.54) is 33.0 Å². The third-order valence-electron chi connectivity index (χ3n) is 7.09. The fraction of sp³-hybridized carbons (Fsp3) is 0.360. The predicted molar refractivity (Wildman–Crippen MR) is 117 cm³/mol. The molecule has 0 unspecified atom stereocenters. The summed E-state index contributed by atoms with van der Waals surface area (Å²) in [5, 5.41) is 2.65. The lowest BCUT2D eigenvalue weighted by Gasteiger charge is -2.32. The fourth-order valence-corrected chi connectivity index (χ4v) is 4.74. The van der Waals surface area contributed by atoms with E-state index in [1.54, 1.807) is 0 Å². The molecular weight excluding hydrogens is 343 g/mol. The second kappa shape index (κ2) is 5.49. The van der Waals surface area contributed by atoms with Gasteiger partial charge in [-0.2, -0.15) is 0 Å². The minimum Gasteiger partial charge on any atom is -0.399 e. The molecule has 0 atom stereocenters. The highest BCUT2D eigenvalue weighted by atomic mass is 16.7. The summed E-state index contributed by atoms with van der Waals surface area (Å²) in [5.74, 6) is 0. The van der Waals surface area contributed by atoms with Crippen LogP contribution in [0, 0.1) is 0 Å². The first-order valence-corrected chi connectivity index (χ1v) is 10.1. The molecule has 1 saturated heterocycles. The van der Waals surface area contributed by atoms with Crippen molar-refractivity contribution in [3.63, 3.8) is 0 Å². The third-order valence-corrected chi connectivity index (χ3v) is 7.09. The van der Waals surface area contributed by atoms with E-state index in [1.807, 2.05) is 0 Å². The smallest absolute Gasteiger partial charge is 0.399 e. The first-order chi connectivity index (χ1) is 13.1. The average molecular weight is 370 g/mol. The van der Waals surface area contributed by atoms with Crippen molar-refractivity contribution in [2.75, 3.05) is 0 Å². The molecule has 5 rings (SSSR count). The van der Waals surface area contributed by atoms with Gasteiger partial charge in [0.15, 0.2) is 0 Å². The Morgan fingerprint density at radius 1 is 0.714 bits per heavy atom. The minimum absolute atomic E-state index is 0.0643. The summed E-state index contributed by atoms with van der Waals surface area (Å²) in [7, 11) is -0.327. The molecule has 0 amide bonds. The van der Waals surface area contributed by atoms with Gasteiger partial charge in [-0.15, -0.1) is 0 Å². The Kier molecular flexibility index (Phi) is 3.52. The Bertz CT molecular complexity index is 1090. The monoisotopic (exact) mass is 370 g/mol. The van der Waals surface area contributed by atoms with Crippen LogP contribution in [0.1, 0.15) is 52.7 Å². The predicted octanol–water partition coefficient (Wildman–Crippen LogP) is 5.45. The molecule has 1 fully saturated rings. The molecule has 2 nitrogen and oxygen atoms in total. The molecular formula is C25H27BO2. The minimum atomic E-state index is -0.328. The molecule has 0 spiro atoms. The number of benzene rings is 3. The molecule has 3 heteroatoms. The van der Waals surface area contributed by atoms with E-state index in [4.69, 9.17) is 9.31 Å². The number of rotatable bonds is 1. The molecule has 3 aromatic rings. The van der Waals surface area contributed by atoms with E-state index < -0.39 is 0 Å². The van der Waals surface area contributed by atoms with Crippen molar-refractivity contribution in [3.8, 4) is 11.1 Å². The lowest BCUT2D eigenvalue weighted by molar-refractivity contribution is 0.00578. The molecule has 1 aliphatic carbocycles. The van der Waals surface area contributed by atoms with Crippen LogP contribution in [0.25, 0.3) is 21.9 Å². The van der Waals surface area contributed by atoms with Gasteiger partial charge in [-0.25, -0.2) is 0 Å². The van der Waals surface area contributed by atoms with E-state index in [-0.39, 0.29) is 23.7 Å². The Balaban J connectivity index is 1.65. The summed E-state index contributed by atoms with van der Waals surface area (Å²) in [4.78, 5) is 0. The SMILES string of the molecule is CC1(C)c2cc(B3OC(C)(C)C(C)(C)O3)ccc2-c2ccc3ccccc3c21. The van der Waals surface area contributed by atoms with Crippen LogP contribution >= 0.6 is 0 Å². The summed E-state index contributed by atoms with van der Waals surface area (Å²) in [6.07, 6.45) is 0. The quantitative estimate of drug-likeness (QED) is 0.531. The summed E-state index contributed by atoms with van der Waals surface area (Å²) in [6, 6.07) is 19.9. The van der Waals surface area contributed by atoms with Crippen molar-refractivity contribution in [1.82, 2.24) is 0 Å². The van der Waals surface area contributed by atoms with Gasteiger partial charge >= 0.3 is 7.12 Å². The largest absolute Gasteiger partial charge is 0.494 e. The van der Waals surface area contributed by atoms with Crippen LogP contribution in [0.4, 0.5) is 0 Å². The topological polar surface area (TPSA) is 18.5 Å².